The Labute approximate surface area is 129 Å². The number of hydrogen-bond acceptors (Lipinski definition) is 0. The van der Waals surface area contributed by atoms with Crippen LogP contribution in [0.5, 0.6) is 0 Å². The SMILES string of the molecule is CC(C)(C)B1CCCC(CCCCB2CCCCC2)C1. The summed E-state index contributed by atoms with van der Waals surface area (Å²) >= 11 is 0. The van der Waals surface area contributed by atoms with Crippen LogP contribution in [0.2, 0.25) is 36.9 Å². The summed E-state index contributed by atoms with van der Waals surface area (Å²) in [5.41, 5.74) is 0. The quantitative estimate of drug-likeness (QED) is 0.394. The van der Waals surface area contributed by atoms with E-state index in [1.165, 1.54) is 83.0 Å². The van der Waals surface area contributed by atoms with Crippen molar-refractivity contribution in [2.45, 2.75) is 109 Å². The van der Waals surface area contributed by atoms with Crippen LogP contribution < -0.4 is 0 Å². The molecule has 0 radical (unpaired) electrons. The van der Waals surface area contributed by atoms with Gasteiger partial charge in [-0.3, -0.25) is 0 Å². The Balaban J connectivity index is 1.59. The first-order chi connectivity index (χ1) is 9.55. The maximum absolute atomic E-state index is 2.45. The van der Waals surface area contributed by atoms with Gasteiger partial charge in [0.2, 0.25) is 0 Å². The molecule has 0 amide bonds. The smallest absolute Gasteiger partial charge is 0.0741 e. The molecular weight excluding hydrogens is 238 g/mol. The van der Waals surface area contributed by atoms with E-state index in [1.54, 1.807) is 0 Å². The maximum atomic E-state index is 2.45. The van der Waals surface area contributed by atoms with Gasteiger partial charge < -0.3 is 0 Å². The fourth-order valence-electron chi connectivity index (χ4n) is 4.68. The predicted molar refractivity (Wildman–Crippen MR) is 95.7 cm³/mol. The highest BCUT2D eigenvalue weighted by atomic mass is 14.2. The molecule has 0 aromatic heterocycles. The Morgan fingerprint density at radius 3 is 2.35 bits per heavy atom. The Kier molecular flexibility index (Phi) is 6.56. The second kappa shape index (κ2) is 7.95. The van der Waals surface area contributed by atoms with E-state index in [0.29, 0.717) is 5.31 Å². The lowest BCUT2D eigenvalue weighted by atomic mass is 9.28. The summed E-state index contributed by atoms with van der Waals surface area (Å²) in [4.78, 5) is 0. The molecule has 2 rings (SSSR count). The summed E-state index contributed by atoms with van der Waals surface area (Å²) in [5.74, 6) is 1.05. The molecule has 0 nitrogen and oxygen atoms in total. The highest BCUT2D eigenvalue weighted by molar-refractivity contribution is 6.62. The van der Waals surface area contributed by atoms with Crippen LogP contribution in [0, 0.1) is 5.92 Å². The molecule has 1 atom stereocenters. The predicted octanol–water partition coefficient (Wildman–Crippen LogP) is 6.54. The van der Waals surface area contributed by atoms with Crippen molar-refractivity contribution in [1.82, 2.24) is 0 Å². The van der Waals surface area contributed by atoms with Gasteiger partial charge in [0.05, 0.1) is 0 Å². The Morgan fingerprint density at radius 1 is 0.900 bits per heavy atom. The summed E-state index contributed by atoms with van der Waals surface area (Å²) in [6, 6.07) is 0. The second-order valence-electron chi connectivity index (χ2n) is 8.88. The summed E-state index contributed by atoms with van der Waals surface area (Å²) in [7, 11) is 0. The molecule has 0 N–H and O–H groups in total. The fourth-order valence-corrected chi connectivity index (χ4v) is 4.68. The van der Waals surface area contributed by atoms with E-state index in [4.69, 9.17) is 0 Å². The lowest BCUT2D eigenvalue weighted by molar-refractivity contribution is 0.438. The molecule has 0 spiro atoms. The lowest BCUT2D eigenvalue weighted by Crippen LogP contribution is -2.31. The summed E-state index contributed by atoms with van der Waals surface area (Å²) in [5, 5.41) is 0.542. The first-order valence-corrected chi connectivity index (χ1v) is 9.55. The minimum atomic E-state index is 0.542. The van der Waals surface area contributed by atoms with E-state index < -0.39 is 0 Å². The van der Waals surface area contributed by atoms with Crippen LogP contribution in [0.25, 0.3) is 0 Å². The van der Waals surface area contributed by atoms with Gasteiger partial charge in [0.15, 0.2) is 0 Å². The molecule has 20 heavy (non-hydrogen) atoms. The molecule has 2 saturated heterocycles. The summed E-state index contributed by atoms with van der Waals surface area (Å²) in [6.45, 7) is 9.42. The normalized spacial score (nSPS) is 25.1. The molecule has 0 aliphatic carbocycles. The molecule has 0 saturated carbocycles. The van der Waals surface area contributed by atoms with Gasteiger partial charge in [0, 0.05) is 0 Å². The molecule has 2 fully saturated rings. The Morgan fingerprint density at radius 2 is 1.65 bits per heavy atom. The maximum Gasteiger partial charge on any atom is 0.145 e. The second-order valence-corrected chi connectivity index (χ2v) is 8.88. The lowest BCUT2D eigenvalue weighted by Gasteiger charge is -2.35. The zero-order valence-corrected chi connectivity index (χ0v) is 14.4. The molecule has 0 aromatic carbocycles. The Bertz CT molecular complexity index is 263. The van der Waals surface area contributed by atoms with E-state index in [2.05, 4.69) is 20.8 Å². The molecule has 2 aliphatic heterocycles. The van der Waals surface area contributed by atoms with Gasteiger partial charge in [-0.15, -0.1) is 0 Å². The van der Waals surface area contributed by atoms with E-state index in [1.807, 2.05) is 0 Å². The van der Waals surface area contributed by atoms with E-state index in [0.717, 1.165) is 19.3 Å². The van der Waals surface area contributed by atoms with Crippen LogP contribution in [0.1, 0.15) is 72.1 Å². The average molecular weight is 274 g/mol. The van der Waals surface area contributed by atoms with Gasteiger partial charge in [0.1, 0.15) is 13.4 Å². The largest absolute Gasteiger partial charge is 0.145 e. The van der Waals surface area contributed by atoms with Gasteiger partial charge in [-0.1, -0.05) is 109 Å². The van der Waals surface area contributed by atoms with E-state index >= 15 is 0 Å². The van der Waals surface area contributed by atoms with Crippen LogP contribution in [0.3, 0.4) is 0 Å². The zero-order chi connectivity index (χ0) is 14.4. The van der Waals surface area contributed by atoms with Crippen LogP contribution in [0.15, 0.2) is 0 Å². The van der Waals surface area contributed by atoms with Crippen molar-refractivity contribution in [3.63, 3.8) is 0 Å². The minimum Gasteiger partial charge on any atom is -0.0741 e. The van der Waals surface area contributed by atoms with Crippen molar-refractivity contribution in [3.05, 3.63) is 0 Å². The third kappa shape index (κ3) is 5.49. The van der Waals surface area contributed by atoms with Gasteiger partial charge in [-0.2, -0.15) is 0 Å². The molecule has 0 bridgehead atoms. The first-order valence-electron chi connectivity index (χ1n) is 9.55. The van der Waals surface area contributed by atoms with Crippen molar-refractivity contribution >= 4 is 13.4 Å². The molecule has 0 aromatic rings. The van der Waals surface area contributed by atoms with Gasteiger partial charge in [-0.25, -0.2) is 0 Å². The van der Waals surface area contributed by atoms with Crippen molar-refractivity contribution in [1.29, 1.82) is 0 Å². The van der Waals surface area contributed by atoms with Crippen LogP contribution in [0.4, 0.5) is 0 Å². The molecule has 2 aliphatic rings. The van der Waals surface area contributed by atoms with Crippen molar-refractivity contribution < 1.29 is 0 Å². The molecule has 114 valence electrons. The van der Waals surface area contributed by atoms with E-state index in [-0.39, 0.29) is 0 Å². The topological polar surface area (TPSA) is 0 Å². The minimum absolute atomic E-state index is 0.542. The standard InChI is InChI=1S/C18H36B2/c1-18(2,3)20-15-9-11-17(16-20)10-5-8-14-19-12-6-4-7-13-19/h17H,4-16H2,1-3H3. The van der Waals surface area contributed by atoms with Crippen LogP contribution in [-0.4, -0.2) is 13.4 Å². The molecule has 1 unspecified atom stereocenters. The average Bonchev–Trinajstić information content (AvgIpc) is 2.44. The molecule has 2 heterocycles. The van der Waals surface area contributed by atoms with Crippen LogP contribution in [-0.2, 0) is 0 Å². The van der Waals surface area contributed by atoms with Crippen molar-refractivity contribution in [2.24, 2.45) is 5.92 Å². The monoisotopic (exact) mass is 274 g/mol. The number of rotatable bonds is 5. The number of hydrogen-bond donors (Lipinski definition) is 0. The molecular formula is C18H36B2. The van der Waals surface area contributed by atoms with Gasteiger partial charge >= 0.3 is 0 Å². The number of unbranched alkanes of at least 4 members (excludes halogenated alkanes) is 1. The first kappa shape index (κ1) is 16.5. The van der Waals surface area contributed by atoms with Crippen LogP contribution >= 0.6 is 0 Å². The fraction of sp³-hybridized carbons (Fsp3) is 1.00. The van der Waals surface area contributed by atoms with E-state index in [9.17, 15) is 0 Å². The Hall–Kier alpha value is 0.130. The van der Waals surface area contributed by atoms with Crippen molar-refractivity contribution in [2.75, 3.05) is 0 Å². The third-order valence-electron chi connectivity index (χ3n) is 6.21. The van der Waals surface area contributed by atoms with Crippen molar-refractivity contribution in [3.8, 4) is 0 Å². The highest BCUT2D eigenvalue weighted by Gasteiger charge is 2.33. The highest BCUT2D eigenvalue weighted by Crippen LogP contribution is 2.40. The van der Waals surface area contributed by atoms with Gasteiger partial charge in [0.25, 0.3) is 0 Å². The zero-order valence-electron chi connectivity index (χ0n) is 14.4. The summed E-state index contributed by atoms with van der Waals surface area (Å²) in [6.07, 6.45) is 19.7. The molecule has 2 heteroatoms. The van der Waals surface area contributed by atoms with Gasteiger partial charge in [-0.05, 0) is 5.92 Å². The summed E-state index contributed by atoms with van der Waals surface area (Å²) < 4.78 is 0. The third-order valence-corrected chi connectivity index (χ3v) is 6.21.